The zero-order valence-electron chi connectivity index (χ0n) is 19.5. The fraction of sp³-hybridized carbons (Fsp3) is 0.214. The normalized spacial score (nSPS) is 15.3. The van der Waals surface area contributed by atoms with Crippen molar-refractivity contribution in [3.05, 3.63) is 77.8 Å². The van der Waals surface area contributed by atoms with Crippen molar-refractivity contribution in [2.24, 2.45) is 0 Å². The van der Waals surface area contributed by atoms with Crippen molar-refractivity contribution in [3.63, 3.8) is 0 Å². The summed E-state index contributed by atoms with van der Waals surface area (Å²) in [6, 6.07) is 17.6. The number of hydrogen-bond donors (Lipinski definition) is 2. The van der Waals surface area contributed by atoms with Crippen LogP contribution in [0.2, 0.25) is 0 Å². The highest BCUT2D eigenvalue weighted by molar-refractivity contribution is 7.20. The number of carbonyl (C=O) groups is 1. The van der Waals surface area contributed by atoms with Crippen molar-refractivity contribution in [2.45, 2.75) is 38.6 Å². The van der Waals surface area contributed by atoms with E-state index in [2.05, 4.69) is 22.2 Å². The number of nitrogens with zero attached hydrogens (tertiary/aromatic N) is 2. The number of amides is 2. The molecule has 2 aromatic carbocycles. The van der Waals surface area contributed by atoms with Crippen LogP contribution in [0.4, 0.5) is 21.9 Å². The Labute approximate surface area is 208 Å². The molecule has 4 aromatic rings. The first kappa shape index (κ1) is 21.7. The van der Waals surface area contributed by atoms with E-state index in [0.717, 1.165) is 67.8 Å². The van der Waals surface area contributed by atoms with Crippen LogP contribution in [0, 0.1) is 6.92 Å². The van der Waals surface area contributed by atoms with Crippen molar-refractivity contribution in [1.82, 2.24) is 10.3 Å². The summed E-state index contributed by atoms with van der Waals surface area (Å²) in [7, 11) is 0. The Hall–Kier alpha value is -3.84. The summed E-state index contributed by atoms with van der Waals surface area (Å²) in [5, 5.41) is 7.66. The van der Waals surface area contributed by atoms with Gasteiger partial charge in [-0.15, -0.1) is 11.3 Å². The molecule has 0 atom stereocenters. The molecule has 1 fully saturated rings. The lowest BCUT2D eigenvalue weighted by atomic mass is 10.1. The summed E-state index contributed by atoms with van der Waals surface area (Å²) in [6.07, 6.45) is 6.58. The second kappa shape index (κ2) is 8.74. The molecule has 0 spiro atoms. The molecule has 2 amide bonds. The van der Waals surface area contributed by atoms with E-state index in [4.69, 9.17) is 4.74 Å². The van der Waals surface area contributed by atoms with Gasteiger partial charge in [0.05, 0.1) is 27.3 Å². The first-order chi connectivity index (χ1) is 17.1. The molecule has 7 heteroatoms. The number of thiophene rings is 1. The van der Waals surface area contributed by atoms with E-state index < -0.39 is 0 Å². The molecule has 35 heavy (non-hydrogen) atoms. The predicted octanol–water partition coefficient (Wildman–Crippen LogP) is 7.58. The van der Waals surface area contributed by atoms with Gasteiger partial charge >= 0.3 is 6.03 Å². The lowest BCUT2D eigenvalue weighted by Gasteiger charge is -2.30. The number of anilines is 3. The number of rotatable bonds is 6. The van der Waals surface area contributed by atoms with Gasteiger partial charge in [-0.05, 0) is 61.7 Å². The standard InChI is InChI=1S/C28H26N4O2S/c1-17-16-21(34-20-10-4-3-5-11-20)12-13-22(17)32-23-14-15-29-27-24(23)25(31-28(32)33)26(35-27)18(2)30-19-8-6-7-9-19/h3-5,10-16,19,30H,2,6-9H2,1H3,(H,31,33). The monoisotopic (exact) mass is 482 g/mol. The number of carbonyl (C=O) groups excluding carboxylic acids is 1. The number of nitrogens with one attached hydrogen (secondary N) is 2. The van der Waals surface area contributed by atoms with E-state index in [1.165, 1.54) is 12.8 Å². The molecule has 0 radical (unpaired) electrons. The molecule has 176 valence electrons. The summed E-state index contributed by atoms with van der Waals surface area (Å²) >= 11 is 1.57. The fourth-order valence-electron chi connectivity index (χ4n) is 4.99. The van der Waals surface area contributed by atoms with Crippen LogP contribution < -0.4 is 20.3 Å². The molecule has 0 unspecified atom stereocenters. The number of urea groups is 1. The average Bonchev–Trinajstić information content (AvgIpc) is 3.50. The van der Waals surface area contributed by atoms with Crippen LogP contribution in [0.5, 0.6) is 11.5 Å². The average molecular weight is 483 g/mol. The molecule has 2 aromatic heterocycles. The molecule has 2 aliphatic rings. The lowest BCUT2D eigenvalue weighted by Crippen LogP contribution is -2.34. The smallest absolute Gasteiger partial charge is 0.331 e. The van der Waals surface area contributed by atoms with Gasteiger partial charge < -0.3 is 15.4 Å². The second-order valence-electron chi connectivity index (χ2n) is 9.05. The van der Waals surface area contributed by atoms with Crippen LogP contribution in [0.25, 0.3) is 15.9 Å². The van der Waals surface area contributed by atoms with E-state index in [0.29, 0.717) is 6.04 Å². The minimum Gasteiger partial charge on any atom is -0.457 e. The van der Waals surface area contributed by atoms with E-state index in [1.807, 2.05) is 61.5 Å². The molecule has 2 N–H and O–H groups in total. The van der Waals surface area contributed by atoms with Gasteiger partial charge in [-0.2, -0.15) is 0 Å². The maximum Gasteiger partial charge on any atom is 0.331 e. The summed E-state index contributed by atoms with van der Waals surface area (Å²) in [4.78, 5) is 21.6. The van der Waals surface area contributed by atoms with Crippen LogP contribution in [0.15, 0.2) is 67.4 Å². The van der Waals surface area contributed by atoms with E-state index in [9.17, 15) is 4.79 Å². The fourth-order valence-corrected chi connectivity index (χ4v) is 6.04. The SMILES string of the molecule is C=C(NC1CCCC1)c1sc2nccc3c2c1NC(=O)N3c1ccc(Oc2ccccc2)cc1C. The van der Waals surface area contributed by atoms with Gasteiger partial charge in [0.25, 0.3) is 0 Å². The Balaban J connectivity index is 1.36. The highest BCUT2D eigenvalue weighted by Crippen LogP contribution is 2.48. The van der Waals surface area contributed by atoms with Crippen LogP contribution >= 0.6 is 11.3 Å². The zero-order chi connectivity index (χ0) is 23.9. The van der Waals surface area contributed by atoms with Crippen molar-refractivity contribution >= 4 is 50.3 Å². The Morgan fingerprint density at radius 1 is 1.11 bits per heavy atom. The Morgan fingerprint density at radius 2 is 1.91 bits per heavy atom. The van der Waals surface area contributed by atoms with Gasteiger partial charge in [0.15, 0.2) is 0 Å². The van der Waals surface area contributed by atoms with E-state index in [-0.39, 0.29) is 6.03 Å². The van der Waals surface area contributed by atoms with Crippen LogP contribution in [-0.2, 0) is 0 Å². The molecule has 6 rings (SSSR count). The number of para-hydroxylation sites is 1. The van der Waals surface area contributed by atoms with E-state index in [1.54, 1.807) is 22.4 Å². The summed E-state index contributed by atoms with van der Waals surface area (Å²) < 4.78 is 5.98. The van der Waals surface area contributed by atoms with Gasteiger partial charge in [-0.3, -0.25) is 4.90 Å². The topological polar surface area (TPSA) is 66.5 Å². The second-order valence-corrected chi connectivity index (χ2v) is 10.0. The molecular weight excluding hydrogens is 456 g/mol. The first-order valence-corrected chi connectivity index (χ1v) is 12.7. The van der Waals surface area contributed by atoms with E-state index >= 15 is 0 Å². The molecule has 0 saturated heterocycles. The molecule has 3 heterocycles. The minimum atomic E-state index is -0.196. The summed E-state index contributed by atoms with van der Waals surface area (Å²) in [6.45, 7) is 6.29. The lowest BCUT2D eigenvalue weighted by molar-refractivity contribution is 0.259. The maximum atomic E-state index is 13.5. The number of hydrogen-bond acceptors (Lipinski definition) is 5. The molecule has 0 bridgehead atoms. The largest absolute Gasteiger partial charge is 0.457 e. The molecule has 1 aliphatic heterocycles. The Bertz CT molecular complexity index is 1440. The van der Waals surface area contributed by atoms with Gasteiger partial charge in [-0.25, -0.2) is 9.78 Å². The molecule has 6 nitrogen and oxygen atoms in total. The molecular formula is C28H26N4O2S. The van der Waals surface area contributed by atoms with Gasteiger partial charge in [0.1, 0.15) is 16.3 Å². The molecule has 1 saturated carbocycles. The number of pyridine rings is 1. The number of ether oxygens (including phenoxy) is 1. The molecule has 1 aliphatic carbocycles. The third-order valence-corrected chi connectivity index (χ3v) is 7.80. The van der Waals surface area contributed by atoms with Crippen molar-refractivity contribution in [1.29, 1.82) is 0 Å². The number of aryl methyl sites for hydroxylation is 1. The maximum absolute atomic E-state index is 13.5. The van der Waals surface area contributed by atoms with Crippen molar-refractivity contribution < 1.29 is 9.53 Å². The summed E-state index contributed by atoms with van der Waals surface area (Å²) in [5.74, 6) is 1.50. The van der Waals surface area contributed by atoms with Gasteiger partial charge in [0.2, 0.25) is 0 Å². The van der Waals surface area contributed by atoms with Crippen molar-refractivity contribution in [3.8, 4) is 11.5 Å². The minimum absolute atomic E-state index is 0.196. The van der Waals surface area contributed by atoms with Crippen LogP contribution in [0.3, 0.4) is 0 Å². The first-order valence-electron chi connectivity index (χ1n) is 11.9. The Morgan fingerprint density at radius 3 is 2.69 bits per heavy atom. The van der Waals surface area contributed by atoms with Crippen LogP contribution in [0.1, 0.15) is 36.1 Å². The van der Waals surface area contributed by atoms with Gasteiger partial charge in [0, 0.05) is 17.9 Å². The predicted molar refractivity (Wildman–Crippen MR) is 143 cm³/mol. The number of benzene rings is 2. The zero-order valence-corrected chi connectivity index (χ0v) is 20.3. The highest BCUT2D eigenvalue weighted by Gasteiger charge is 2.32. The van der Waals surface area contributed by atoms with Crippen molar-refractivity contribution in [2.75, 3.05) is 10.2 Å². The summed E-state index contributed by atoms with van der Waals surface area (Å²) in [5.41, 5.74) is 4.21. The highest BCUT2D eigenvalue weighted by atomic mass is 32.1. The van der Waals surface area contributed by atoms with Gasteiger partial charge in [-0.1, -0.05) is 37.6 Å². The number of aromatic nitrogens is 1. The Kier molecular flexibility index (Phi) is 5.41. The van der Waals surface area contributed by atoms with Crippen LogP contribution in [-0.4, -0.2) is 17.1 Å². The third-order valence-electron chi connectivity index (χ3n) is 6.64. The third kappa shape index (κ3) is 3.91. The quantitative estimate of drug-likeness (QED) is 0.297.